The van der Waals surface area contributed by atoms with Crippen molar-refractivity contribution in [1.29, 1.82) is 0 Å². The third kappa shape index (κ3) is 4.97. The lowest BCUT2D eigenvalue weighted by Gasteiger charge is -2.34. The highest BCUT2D eigenvalue weighted by Crippen LogP contribution is 2.37. The zero-order valence-corrected chi connectivity index (χ0v) is 19.3. The number of likely N-dealkylation sites (tertiary alicyclic amines) is 1. The largest absolute Gasteiger partial charge is 0.494 e. The maximum absolute atomic E-state index is 12.7. The van der Waals surface area contributed by atoms with E-state index in [0.717, 1.165) is 12.8 Å². The maximum Gasteiger partial charge on any atom is 0.273 e. The summed E-state index contributed by atoms with van der Waals surface area (Å²) < 4.78 is 33.1. The van der Waals surface area contributed by atoms with Gasteiger partial charge >= 0.3 is 0 Å². The molecule has 13 heteroatoms. The molecule has 1 aliphatic carbocycles. The van der Waals surface area contributed by atoms with Crippen LogP contribution in [0.5, 0.6) is 5.75 Å². The van der Waals surface area contributed by atoms with Crippen LogP contribution in [0.1, 0.15) is 33.3 Å². The van der Waals surface area contributed by atoms with E-state index >= 15 is 0 Å². The molecule has 3 heterocycles. The van der Waals surface area contributed by atoms with E-state index in [9.17, 15) is 14.7 Å². The van der Waals surface area contributed by atoms with E-state index in [1.807, 2.05) is 10.2 Å². The molecule has 2 amide bonds. The molecule has 3 aromatic rings. The number of aliphatic hydroxyl groups is 1. The molecule has 0 bridgehead atoms. The number of anilines is 3. The number of hydrogen-bond donors (Lipinski definition) is 4. The Morgan fingerprint density at radius 2 is 2.11 bits per heavy atom. The van der Waals surface area contributed by atoms with Crippen molar-refractivity contribution in [3.05, 3.63) is 35.9 Å². The first-order chi connectivity index (χ1) is 18.6. The number of nitrogens with zero attached hydrogens (tertiary/aromatic N) is 5. The van der Waals surface area contributed by atoms with Crippen LogP contribution in [0.15, 0.2) is 28.8 Å². The number of rotatable bonds is 9. The zero-order chi connectivity index (χ0) is 27.7. The van der Waals surface area contributed by atoms with Gasteiger partial charge in [0.1, 0.15) is 0 Å². The number of methoxy groups -OCH3 is 1. The smallest absolute Gasteiger partial charge is 0.273 e. The summed E-state index contributed by atoms with van der Waals surface area (Å²) in [5.41, 5.74) is 0.640. The normalized spacial score (nSPS) is 17.3. The second-order valence-electron chi connectivity index (χ2n) is 8.58. The molecule has 2 aromatic heterocycles. The molecule has 0 radical (unpaired) electrons. The van der Waals surface area contributed by atoms with Crippen molar-refractivity contribution in [2.75, 3.05) is 37.8 Å². The van der Waals surface area contributed by atoms with Gasteiger partial charge in [-0.05, 0) is 25.0 Å². The van der Waals surface area contributed by atoms with Crippen LogP contribution in [-0.2, 0) is 11.3 Å². The average molecular weight is 498 g/mol. The van der Waals surface area contributed by atoms with Crippen LogP contribution in [0.3, 0.4) is 0 Å². The molecule has 0 atom stereocenters. The third-order valence-electron chi connectivity index (χ3n) is 5.82. The Kier molecular flexibility index (Phi) is 5.52. The number of amides is 2. The molecule has 36 heavy (non-hydrogen) atoms. The molecule has 0 unspecified atom stereocenters. The molecule has 1 saturated heterocycles. The van der Waals surface area contributed by atoms with Crippen LogP contribution in [-0.4, -0.2) is 75.4 Å². The molecular weight excluding hydrogens is 468 g/mol. The molecule has 5 rings (SSSR count). The molecule has 4 N–H and O–H groups in total. The van der Waals surface area contributed by atoms with E-state index in [1.54, 1.807) is 18.2 Å². The highest BCUT2D eigenvalue weighted by Gasteiger charge is 2.30. The molecule has 0 spiro atoms. The van der Waals surface area contributed by atoms with Crippen LogP contribution >= 0.6 is 0 Å². The van der Waals surface area contributed by atoms with E-state index in [1.165, 1.54) is 13.2 Å². The molecule has 13 nitrogen and oxygen atoms in total. The van der Waals surface area contributed by atoms with Gasteiger partial charge in [0.15, 0.2) is 17.3 Å². The van der Waals surface area contributed by atoms with E-state index in [2.05, 4.69) is 31.0 Å². The number of carbonyl (C=O) groups excluding carboxylic acids is 2. The van der Waals surface area contributed by atoms with Gasteiger partial charge in [-0.2, -0.15) is 4.98 Å². The van der Waals surface area contributed by atoms with Crippen molar-refractivity contribution in [2.45, 2.75) is 25.5 Å². The topological polar surface area (TPSA) is 168 Å². The highest BCUT2D eigenvalue weighted by molar-refractivity contribution is 6.00. The standard InChI is InChI=1S/C23H26N8O5/c1-24-23(34)19-16(8-17(28-29-19)26-22(33)12-6-7-12)25-15-5-3-4-14(20(15)35-2)21-27-18(36-30-21)11-31-9-13(32)10-31/h3-5,8,12-13,32H,6-7,9-11H2,1-2H3,(H,24,34)(H2,25,26,28,33)/i1D3. The molecule has 2 aliphatic rings. The fraction of sp³-hybridized carbons (Fsp3) is 0.391. The van der Waals surface area contributed by atoms with Crippen LogP contribution in [0.2, 0.25) is 0 Å². The number of hydrogen-bond acceptors (Lipinski definition) is 11. The van der Waals surface area contributed by atoms with Crippen molar-refractivity contribution >= 4 is 29.0 Å². The van der Waals surface area contributed by atoms with Gasteiger partial charge in [0.2, 0.25) is 17.6 Å². The lowest BCUT2D eigenvalue weighted by Crippen LogP contribution is -2.49. The highest BCUT2D eigenvalue weighted by atomic mass is 16.5. The fourth-order valence-corrected chi connectivity index (χ4v) is 3.82. The van der Waals surface area contributed by atoms with Crippen LogP contribution in [0, 0.1) is 5.92 Å². The maximum atomic E-state index is 12.7. The number of benzene rings is 1. The second kappa shape index (κ2) is 9.87. The van der Waals surface area contributed by atoms with Crippen LogP contribution in [0.25, 0.3) is 11.4 Å². The molecular formula is C23H26N8O5. The molecule has 188 valence electrons. The van der Waals surface area contributed by atoms with Crippen molar-refractivity contribution in [3.63, 3.8) is 0 Å². The van der Waals surface area contributed by atoms with E-state index in [4.69, 9.17) is 13.4 Å². The van der Waals surface area contributed by atoms with Gasteiger partial charge in [-0.25, -0.2) is 0 Å². The number of para-hydroxylation sites is 1. The van der Waals surface area contributed by atoms with Crippen molar-refractivity contribution in [3.8, 4) is 17.1 Å². The number of carbonyl (C=O) groups is 2. The Balaban J connectivity index is 1.44. The lowest BCUT2D eigenvalue weighted by atomic mass is 10.1. The van der Waals surface area contributed by atoms with Crippen LogP contribution < -0.4 is 20.7 Å². The monoisotopic (exact) mass is 497 g/mol. The van der Waals surface area contributed by atoms with Crippen molar-refractivity contribution in [1.82, 2.24) is 30.6 Å². The number of nitrogens with one attached hydrogen (secondary N) is 3. The summed E-state index contributed by atoms with van der Waals surface area (Å²) in [7, 11) is 1.45. The van der Waals surface area contributed by atoms with E-state index < -0.39 is 12.9 Å². The first kappa shape index (κ1) is 20.1. The first-order valence-corrected chi connectivity index (χ1v) is 11.3. The summed E-state index contributed by atoms with van der Waals surface area (Å²) in [5, 5.41) is 28.9. The van der Waals surface area contributed by atoms with Crippen molar-refractivity contribution in [2.24, 2.45) is 5.92 Å². The minimum Gasteiger partial charge on any atom is -0.494 e. The summed E-state index contributed by atoms with van der Waals surface area (Å²) in [4.78, 5) is 31.4. The van der Waals surface area contributed by atoms with Gasteiger partial charge < -0.3 is 30.3 Å². The second-order valence-corrected chi connectivity index (χ2v) is 8.58. The first-order valence-electron chi connectivity index (χ1n) is 12.8. The Morgan fingerprint density at radius 1 is 1.28 bits per heavy atom. The quantitative estimate of drug-likeness (QED) is 0.335. The van der Waals surface area contributed by atoms with Crippen LogP contribution in [0.4, 0.5) is 17.2 Å². The Labute approximate surface area is 210 Å². The van der Waals surface area contributed by atoms with Gasteiger partial charge in [0.05, 0.1) is 36.7 Å². The lowest BCUT2D eigenvalue weighted by molar-refractivity contribution is -0.117. The Morgan fingerprint density at radius 3 is 2.83 bits per heavy atom. The van der Waals surface area contributed by atoms with Gasteiger partial charge in [-0.3, -0.25) is 14.5 Å². The van der Waals surface area contributed by atoms with E-state index in [-0.39, 0.29) is 41.0 Å². The minimum atomic E-state index is -2.75. The third-order valence-corrected chi connectivity index (χ3v) is 5.82. The number of ether oxygens (including phenoxy) is 1. The van der Waals surface area contributed by atoms with Gasteiger partial charge in [0, 0.05) is 36.2 Å². The summed E-state index contributed by atoms with van der Waals surface area (Å²) in [5.74, 6) is -0.257. The fourth-order valence-electron chi connectivity index (χ4n) is 3.82. The van der Waals surface area contributed by atoms with E-state index in [0.29, 0.717) is 42.5 Å². The van der Waals surface area contributed by atoms with Crippen molar-refractivity contribution < 1.29 is 28.1 Å². The molecule has 1 aromatic carbocycles. The predicted molar refractivity (Wildman–Crippen MR) is 128 cm³/mol. The minimum absolute atomic E-state index is 0.0819. The molecule has 1 saturated carbocycles. The summed E-state index contributed by atoms with van der Waals surface area (Å²) in [6.45, 7) is -1.30. The molecule has 1 aliphatic heterocycles. The SMILES string of the molecule is [2H]C([2H])([2H])NC(=O)c1nnc(NC(=O)C2CC2)cc1Nc1cccc(-c2noc(CN3CC(O)C3)n2)c1OC. The predicted octanol–water partition coefficient (Wildman–Crippen LogP) is 1.16. The zero-order valence-electron chi connectivity index (χ0n) is 22.3. The summed E-state index contributed by atoms with van der Waals surface area (Å²) in [6, 6.07) is 6.48. The van der Waals surface area contributed by atoms with Gasteiger partial charge in [0.25, 0.3) is 5.91 Å². The summed E-state index contributed by atoms with van der Waals surface area (Å²) >= 11 is 0. The Hall–Kier alpha value is -4.10. The Bertz CT molecular complexity index is 1390. The average Bonchev–Trinajstić information content (AvgIpc) is 3.61. The number of β-amino-alcohol motifs (C(OH)–C–C–N with tert-alkyl or cyclic N) is 1. The van der Waals surface area contributed by atoms with Gasteiger partial charge in [-0.1, -0.05) is 11.2 Å². The number of aliphatic hydroxyl groups excluding tert-OH is 1. The van der Waals surface area contributed by atoms with Gasteiger partial charge in [-0.15, -0.1) is 10.2 Å². The summed E-state index contributed by atoms with van der Waals surface area (Å²) in [6.07, 6.45) is 1.21. The molecule has 2 fully saturated rings. The number of aromatic nitrogens is 4.